The Morgan fingerprint density at radius 2 is 1.41 bits per heavy atom. The van der Waals surface area contributed by atoms with Gasteiger partial charge in [-0.15, -0.1) is 0 Å². The number of piperidine rings is 1. The third-order valence-corrected chi connectivity index (χ3v) is 5.01. The summed E-state index contributed by atoms with van der Waals surface area (Å²) in [6, 6.07) is 16.1. The molecule has 0 atom stereocenters. The lowest BCUT2D eigenvalue weighted by molar-refractivity contribution is 0.353. The van der Waals surface area contributed by atoms with Gasteiger partial charge < -0.3 is 4.90 Å². The molecular formula is C20H24N2. The number of fused-ring (bicyclic) bond motifs is 1. The minimum absolute atomic E-state index is 1.08. The van der Waals surface area contributed by atoms with Crippen molar-refractivity contribution in [2.75, 3.05) is 25.0 Å². The van der Waals surface area contributed by atoms with Gasteiger partial charge in [-0.2, -0.15) is 0 Å². The molecule has 0 spiro atoms. The lowest BCUT2D eigenvalue weighted by Crippen LogP contribution is -2.29. The van der Waals surface area contributed by atoms with Crippen LogP contribution in [-0.4, -0.2) is 25.0 Å². The Labute approximate surface area is 133 Å². The second-order valence-corrected chi connectivity index (χ2v) is 6.75. The van der Waals surface area contributed by atoms with Crippen molar-refractivity contribution in [1.82, 2.24) is 4.90 Å². The predicted octanol–water partition coefficient (Wildman–Crippen LogP) is 4.29. The highest BCUT2D eigenvalue weighted by molar-refractivity contribution is 5.68. The number of hydrogen-bond acceptors (Lipinski definition) is 2. The highest BCUT2D eigenvalue weighted by Gasteiger charge is 2.16. The summed E-state index contributed by atoms with van der Waals surface area (Å²) in [5, 5.41) is 0. The van der Waals surface area contributed by atoms with Crippen LogP contribution in [0.2, 0.25) is 0 Å². The van der Waals surface area contributed by atoms with E-state index in [-0.39, 0.29) is 0 Å². The average Bonchev–Trinajstić information content (AvgIpc) is 2.95. The van der Waals surface area contributed by atoms with Crippen molar-refractivity contribution >= 4 is 5.69 Å². The van der Waals surface area contributed by atoms with Crippen molar-refractivity contribution in [1.29, 1.82) is 0 Å². The van der Waals surface area contributed by atoms with Gasteiger partial charge in [0.2, 0.25) is 0 Å². The van der Waals surface area contributed by atoms with E-state index >= 15 is 0 Å². The number of hydrogen-bond donors (Lipinski definition) is 0. The molecule has 2 aromatic rings. The lowest BCUT2D eigenvalue weighted by atomic mass is 10.00. The highest BCUT2D eigenvalue weighted by Crippen LogP contribution is 2.29. The summed E-state index contributed by atoms with van der Waals surface area (Å²) in [6.45, 7) is 4.59. The minimum Gasteiger partial charge on any atom is -0.372 e. The van der Waals surface area contributed by atoms with Crippen LogP contribution in [0.4, 0.5) is 5.69 Å². The van der Waals surface area contributed by atoms with Crippen LogP contribution in [0.3, 0.4) is 0 Å². The molecule has 0 amide bonds. The fourth-order valence-corrected chi connectivity index (χ4v) is 3.76. The fraction of sp³-hybridized carbons (Fsp3) is 0.400. The first-order valence-corrected chi connectivity index (χ1v) is 8.45. The lowest BCUT2D eigenvalue weighted by Gasteiger charge is -2.28. The van der Waals surface area contributed by atoms with E-state index in [0.29, 0.717) is 0 Å². The van der Waals surface area contributed by atoms with E-state index in [1.54, 1.807) is 0 Å². The molecule has 1 fully saturated rings. The van der Waals surface area contributed by atoms with Gasteiger partial charge in [0.15, 0.2) is 0 Å². The van der Waals surface area contributed by atoms with Crippen molar-refractivity contribution in [3.05, 3.63) is 53.6 Å². The molecule has 22 heavy (non-hydrogen) atoms. The molecule has 2 aromatic carbocycles. The SMILES string of the molecule is CN1Cc2ccc(-c3ccc(N4CCCCC4)cc3)cc2C1. The van der Waals surface area contributed by atoms with Crippen LogP contribution in [0.5, 0.6) is 0 Å². The van der Waals surface area contributed by atoms with Crippen LogP contribution < -0.4 is 4.90 Å². The van der Waals surface area contributed by atoms with Crippen LogP contribution >= 0.6 is 0 Å². The van der Waals surface area contributed by atoms with E-state index in [4.69, 9.17) is 0 Å². The van der Waals surface area contributed by atoms with E-state index in [9.17, 15) is 0 Å². The highest BCUT2D eigenvalue weighted by atomic mass is 15.1. The number of rotatable bonds is 2. The summed E-state index contributed by atoms with van der Waals surface area (Å²) < 4.78 is 0. The maximum absolute atomic E-state index is 2.52. The zero-order valence-corrected chi connectivity index (χ0v) is 13.4. The van der Waals surface area contributed by atoms with Gasteiger partial charge in [-0.25, -0.2) is 0 Å². The van der Waals surface area contributed by atoms with Crippen LogP contribution in [0.25, 0.3) is 11.1 Å². The van der Waals surface area contributed by atoms with Crippen molar-refractivity contribution in [3.8, 4) is 11.1 Å². The van der Waals surface area contributed by atoms with Crippen molar-refractivity contribution < 1.29 is 0 Å². The van der Waals surface area contributed by atoms with Gasteiger partial charge in [0.1, 0.15) is 0 Å². The van der Waals surface area contributed by atoms with E-state index in [2.05, 4.69) is 59.3 Å². The molecule has 0 saturated carbocycles. The third-order valence-electron chi connectivity index (χ3n) is 5.01. The van der Waals surface area contributed by atoms with Gasteiger partial charge in [-0.3, -0.25) is 4.90 Å². The molecule has 2 heteroatoms. The smallest absolute Gasteiger partial charge is 0.0366 e. The quantitative estimate of drug-likeness (QED) is 0.814. The van der Waals surface area contributed by atoms with Crippen LogP contribution in [0, 0.1) is 0 Å². The molecule has 2 heterocycles. The molecule has 0 aliphatic carbocycles. The summed E-state index contributed by atoms with van der Waals surface area (Å²) >= 11 is 0. The van der Waals surface area contributed by atoms with Gasteiger partial charge in [0.25, 0.3) is 0 Å². The van der Waals surface area contributed by atoms with E-state index < -0.39 is 0 Å². The summed E-state index contributed by atoms with van der Waals surface area (Å²) in [7, 11) is 2.19. The number of nitrogens with zero attached hydrogens (tertiary/aromatic N) is 2. The third kappa shape index (κ3) is 2.64. The second-order valence-electron chi connectivity index (χ2n) is 6.75. The van der Waals surface area contributed by atoms with Crippen LogP contribution in [-0.2, 0) is 13.1 Å². The first-order valence-electron chi connectivity index (χ1n) is 8.45. The summed E-state index contributed by atoms with van der Waals surface area (Å²) in [5.41, 5.74) is 7.03. The minimum atomic E-state index is 1.08. The Bertz CT molecular complexity index is 654. The van der Waals surface area contributed by atoms with Crippen LogP contribution in [0.15, 0.2) is 42.5 Å². The summed E-state index contributed by atoms with van der Waals surface area (Å²) in [4.78, 5) is 4.89. The largest absolute Gasteiger partial charge is 0.372 e. The number of anilines is 1. The van der Waals surface area contributed by atoms with Gasteiger partial charge in [0, 0.05) is 31.9 Å². The molecule has 2 aliphatic rings. The van der Waals surface area contributed by atoms with E-state index in [1.165, 1.54) is 60.3 Å². The molecule has 2 nitrogen and oxygen atoms in total. The van der Waals surface area contributed by atoms with Gasteiger partial charge in [0.05, 0.1) is 0 Å². The van der Waals surface area contributed by atoms with Gasteiger partial charge >= 0.3 is 0 Å². The molecule has 0 aromatic heterocycles. The Balaban J connectivity index is 1.57. The molecule has 0 unspecified atom stereocenters. The molecule has 4 rings (SSSR count). The average molecular weight is 292 g/mol. The Morgan fingerprint density at radius 1 is 0.727 bits per heavy atom. The van der Waals surface area contributed by atoms with Gasteiger partial charge in [-0.1, -0.05) is 24.3 Å². The molecule has 0 bridgehead atoms. The van der Waals surface area contributed by atoms with E-state index in [0.717, 1.165) is 13.1 Å². The zero-order chi connectivity index (χ0) is 14.9. The standard InChI is InChI=1S/C20H24N2/c1-21-14-18-6-5-17(13-19(18)15-21)16-7-9-20(10-8-16)22-11-3-2-4-12-22/h5-10,13H,2-4,11-12,14-15H2,1H3. The molecule has 2 aliphatic heterocycles. The Morgan fingerprint density at radius 3 is 2.18 bits per heavy atom. The Hall–Kier alpha value is -1.80. The zero-order valence-electron chi connectivity index (χ0n) is 13.4. The maximum Gasteiger partial charge on any atom is 0.0366 e. The summed E-state index contributed by atoms with van der Waals surface area (Å²) in [6.07, 6.45) is 4.05. The first-order chi connectivity index (χ1) is 10.8. The Kier molecular flexibility index (Phi) is 3.63. The fourth-order valence-electron chi connectivity index (χ4n) is 3.76. The molecular weight excluding hydrogens is 268 g/mol. The first kappa shape index (κ1) is 13.8. The number of benzene rings is 2. The maximum atomic E-state index is 2.52. The van der Waals surface area contributed by atoms with Gasteiger partial charge in [-0.05, 0) is 66.8 Å². The predicted molar refractivity (Wildman–Crippen MR) is 93.1 cm³/mol. The molecule has 1 saturated heterocycles. The normalized spacial score (nSPS) is 18.5. The van der Waals surface area contributed by atoms with Crippen molar-refractivity contribution in [2.45, 2.75) is 32.4 Å². The van der Waals surface area contributed by atoms with Crippen molar-refractivity contribution in [2.24, 2.45) is 0 Å². The monoisotopic (exact) mass is 292 g/mol. The topological polar surface area (TPSA) is 6.48 Å². The molecule has 0 N–H and O–H groups in total. The molecule has 0 radical (unpaired) electrons. The van der Waals surface area contributed by atoms with Crippen molar-refractivity contribution in [3.63, 3.8) is 0 Å². The van der Waals surface area contributed by atoms with E-state index in [1.807, 2.05) is 0 Å². The van der Waals surface area contributed by atoms with Crippen LogP contribution in [0.1, 0.15) is 30.4 Å². The second kappa shape index (κ2) is 5.77. The molecule has 114 valence electrons. The summed E-state index contributed by atoms with van der Waals surface area (Å²) in [5.74, 6) is 0.